The van der Waals surface area contributed by atoms with Crippen molar-refractivity contribution in [2.75, 3.05) is 6.61 Å². The molecule has 1 aliphatic rings. The molecule has 2 unspecified atom stereocenters. The number of unbranched alkanes of at least 4 members (excludes halogenated alkanes) is 9. The number of ether oxygens (including phenoxy) is 1. The summed E-state index contributed by atoms with van der Waals surface area (Å²) in [5.41, 5.74) is 3.25. The van der Waals surface area contributed by atoms with Gasteiger partial charge in [-0.15, -0.1) is 0 Å². The van der Waals surface area contributed by atoms with Crippen LogP contribution >= 0.6 is 0 Å². The van der Waals surface area contributed by atoms with Gasteiger partial charge in [0.25, 0.3) is 0 Å². The SMILES string of the molecule is CCCCCCCCOc1ccc(-c2ccc(CC(=O)C3CCC(CCCCCCC)CC3=O)cc2)cc1. The molecule has 0 N–H and O–H groups in total. The third kappa shape index (κ3) is 10.4. The lowest BCUT2D eigenvalue weighted by Crippen LogP contribution is -2.32. The van der Waals surface area contributed by atoms with Crippen LogP contribution in [0.2, 0.25) is 0 Å². The zero-order valence-electron chi connectivity index (χ0n) is 24.0. The largest absolute Gasteiger partial charge is 0.494 e. The van der Waals surface area contributed by atoms with Crippen LogP contribution in [0.3, 0.4) is 0 Å². The molecule has 3 heteroatoms. The molecular formula is C35H50O3. The van der Waals surface area contributed by atoms with Crippen LogP contribution in [0.1, 0.15) is 116 Å². The summed E-state index contributed by atoms with van der Waals surface area (Å²) in [6.45, 7) is 5.25. The molecule has 0 amide bonds. The van der Waals surface area contributed by atoms with Gasteiger partial charge in [-0.05, 0) is 54.0 Å². The van der Waals surface area contributed by atoms with E-state index in [1.165, 1.54) is 64.2 Å². The second kappa shape index (κ2) is 17.2. The maximum Gasteiger partial charge on any atom is 0.147 e. The molecule has 0 aliphatic heterocycles. The molecule has 2 aromatic rings. The molecule has 0 saturated heterocycles. The molecule has 3 nitrogen and oxygen atoms in total. The molecule has 2 atom stereocenters. The molecule has 2 aromatic carbocycles. The third-order valence-electron chi connectivity index (χ3n) is 8.13. The summed E-state index contributed by atoms with van der Waals surface area (Å²) in [5.74, 6) is 1.28. The lowest BCUT2D eigenvalue weighted by atomic mass is 9.76. The molecule has 38 heavy (non-hydrogen) atoms. The van der Waals surface area contributed by atoms with Crippen molar-refractivity contribution in [3.63, 3.8) is 0 Å². The van der Waals surface area contributed by atoms with Crippen LogP contribution in [0, 0.1) is 11.8 Å². The molecule has 1 fully saturated rings. The number of hydrogen-bond acceptors (Lipinski definition) is 3. The first kappa shape index (κ1) is 30.1. The van der Waals surface area contributed by atoms with Crippen LogP contribution in [0.15, 0.2) is 48.5 Å². The van der Waals surface area contributed by atoms with Crippen LogP contribution in [0.4, 0.5) is 0 Å². The number of Topliss-reactive ketones (excluding diaryl/α,β-unsaturated/α-hetero) is 2. The Balaban J connectivity index is 1.39. The lowest BCUT2D eigenvalue weighted by molar-refractivity contribution is -0.135. The van der Waals surface area contributed by atoms with Crippen molar-refractivity contribution in [3.05, 3.63) is 54.1 Å². The van der Waals surface area contributed by atoms with E-state index < -0.39 is 5.92 Å². The Morgan fingerprint density at radius 2 is 1.32 bits per heavy atom. The van der Waals surface area contributed by atoms with Crippen LogP contribution < -0.4 is 4.74 Å². The Morgan fingerprint density at radius 3 is 1.95 bits per heavy atom. The molecule has 0 heterocycles. The fourth-order valence-corrected chi connectivity index (χ4v) is 5.67. The first-order valence-electron chi connectivity index (χ1n) is 15.5. The van der Waals surface area contributed by atoms with Crippen molar-refractivity contribution >= 4 is 11.6 Å². The highest BCUT2D eigenvalue weighted by atomic mass is 16.5. The summed E-state index contributed by atoms with van der Waals surface area (Å²) in [4.78, 5) is 25.7. The van der Waals surface area contributed by atoms with Gasteiger partial charge < -0.3 is 4.74 Å². The molecular weight excluding hydrogens is 468 g/mol. The minimum atomic E-state index is -0.394. The van der Waals surface area contributed by atoms with E-state index in [4.69, 9.17) is 4.74 Å². The molecule has 1 aliphatic carbocycles. The molecule has 208 valence electrons. The van der Waals surface area contributed by atoms with Gasteiger partial charge in [0.1, 0.15) is 17.3 Å². The monoisotopic (exact) mass is 518 g/mol. The van der Waals surface area contributed by atoms with Crippen molar-refractivity contribution < 1.29 is 14.3 Å². The molecule has 0 radical (unpaired) electrons. The van der Waals surface area contributed by atoms with Gasteiger partial charge in [-0.2, -0.15) is 0 Å². The standard InChI is InChI=1S/C35H50O3/c1-3-5-7-9-11-13-25-38-32-22-20-31(21-23-32)30-18-15-29(16-19-30)27-35(37)33-24-17-28(26-34(33)36)14-12-10-8-6-4-2/h15-16,18-23,28,33H,3-14,17,24-27H2,1-2H3. The first-order valence-corrected chi connectivity index (χ1v) is 15.5. The highest BCUT2D eigenvalue weighted by Crippen LogP contribution is 2.31. The normalized spacial score (nSPS) is 17.5. The minimum Gasteiger partial charge on any atom is -0.494 e. The Labute approximate surface area is 231 Å². The summed E-state index contributed by atoms with van der Waals surface area (Å²) in [6, 6.07) is 16.5. The van der Waals surface area contributed by atoms with Gasteiger partial charge in [0, 0.05) is 12.8 Å². The Bertz CT molecular complexity index is 944. The van der Waals surface area contributed by atoms with Gasteiger partial charge in [0.05, 0.1) is 12.5 Å². The number of hydrogen-bond donors (Lipinski definition) is 0. The summed E-state index contributed by atoms with van der Waals surface area (Å²) < 4.78 is 5.91. The van der Waals surface area contributed by atoms with E-state index in [-0.39, 0.29) is 11.6 Å². The first-order chi connectivity index (χ1) is 18.6. The van der Waals surface area contributed by atoms with Crippen molar-refractivity contribution in [3.8, 4) is 16.9 Å². The smallest absolute Gasteiger partial charge is 0.147 e. The number of rotatable bonds is 18. The van der Waals surface area contributed by atoms with Crippen LogP contribution in [0.5, 0.6) is 5.75 Å². The van der Waals surface area contributed by atoms with E-state index in [9.17, 15) is 9.59 Å². The molecule has 0 bridgehead atoms. The fourth-order valence-electron chi connectivity index (χ4n) is 5.67. The van der Waals surface area contributed by atoms with Crippen molar-refractivity contribution in [1.29, 1.82) is 0 Å². The molecule has 3 rings (SSSR count). The van der Waals surface area contributed by atoms with E-state index in [1.807, 2.05) is 24.3 Å². The Hall–Kier alpha value is -2.42. The number of benzene rings is 2. The third-order valence-corrected chi connectivity index (χ3v) is 8.13. The van der Waals surface area contributed by atoms with E-state index in [0.717, 1.165) is 54.7 Å². The van der Waals surface area contributed by atoms with Crippen LogP contribution in [-0.2, 0) is 16.0 Å². The van der Waals surface area contributed by atoms with E-state index in [2.05, 4.69) is 38.1 Å². The average Bonchev–Trinajstić information content (AvgIpc) is 2.93. The van der Waals surface area contributed by atoms with E-state index in [1.54, 1.807) is 0 Å². The maximum absolute atomic E-state index is 12.9. The number of carbonyl (C=O) groups excluding carboxylic acids is 2. The van der Waals surface area contributed by atoms with Crippen molar-refractivity contribution in [1.82, 2.24) is 0 Å². The zero-order chi connectivity index (χ0) is 27.0. The maximum atomic E-state index is 12.9. The van der Waals surface area contributed by atoms with Crippen molar-refractivity contribution in [2.24, 2.45) is 11.8 Å². The quantitative estimate of drug-likeness (QED) is 0.146. The van der Waals surface area contributed by atoms with Gasteiger partial charge in [0.2, 0.25) is 0 Å². The predicted molar refractivity (Wildman–Crippen MR) is 159 cm³/mol. The summed E-state index contributed by atoms with van der Waals surface area (Å²) >= 11 is 0. The van der Waals surface area contributed by atoms with Gasteiger partial charge >= 0.3 is 0 Å². The Kier molecular flexibility index (Phi) is 13.7. The fraction of sp³-hybridized carbons (Fsp3) is 0.600. The lowest BCUT2D eigenvalue weighted by Gasteiger charge is -2.26. The molecule has 0 spiro atoms. The molecule has 0 aromatic heterocycles. The number of carbonyl (C=O) groups is 2. The topological polar surface area (TPSA) is 43.4 Å². The Morgan fingerprint density at radius 1 is 0.737 bits per heavy atom. The number of ketones is 2. The van der Waals surface area contributed by atoms with Crippen LogP contribution in [-0.4, -0.2) is 18.2 Å². The molecule has 1 saturated carbocycles. The van der Waals surface area contributed by atoms with Gasteiger partial charge in [-0.25, -0.2) is 0 Å². The minimum absolute atomic E-state index is 0.0935. The predicted octanol–water partition coefficient (Wildman–Crippen LogP) is 9.55. The summed E-state index contributed by atoms with van der Waals surface area (Å²) in [5, 5.41) is 0. The summed E-state index contributed by atoms with van der Waals surface area (Å²) in [7, 11) is 0. The summed E-state index contributed by atoms with van der Waals surface area (Å²) in [6.07, 6.45) is 17.8. The van der Waals surface area contributed by atoms with Crippen molar-refractivity contribution in [2.45, 2.75) is 117 Å². The van der Waals surface area contributed by atoms with Gasteiger partial charge in [-0.1, -0.05) is 121 Å². The zero-order valence-corrected chi connectivity index (χ0v) is 24.0. The van der Waals surface area contributed by atoms with Gasteiger partial charge in [0.15, 0.2) is 0 Å². The average molecular weight is 519 g/mol. The van der Waals surface area contributed by atoms with E-state index in [0.29, 0.717) is 18.8 Å². The second-order valence-electron chi connectivity index (χ2n) is 11.3. The second-order valence-corrected chi connectivity index (χ2v) is 11.3. The highest BCUT2D eigenvalue weighted by molar-refractivity contribution is 6.03. The van der Waals surface area contributed by atoms with Crippen LogP contribution in [0.25, 0.3) is 11.1 Å². The van der Waals surface area contributed by atoms with E-state index >= 15 is 0 Å². The highest BCUT2D eigenvalue weighted by Gasteiger charge is 2.32. The van der Waals surface area contributed by atoms with Gasteiger partial charge in [-0.3, -0.25) is 9.59 Å².